The van der Waals surface area contributed by atoms with Gasteiger partial charge in [-0.3, -0.25) is 14.5 Å². The number of benzene rings is 2. The first-order valence-corrected chi connectivity index (χ1v) is 13.8. The van der Waals surface area contributed by atoms with E-state index in [1.165, 1.54) is 0 Å². The molecule has 0 aliphatic carbocycles. The van der Waals surface area contributed by atoms with Crippen molar-refractivity contribution in [1.82, 2.24) is 20.2 Å². The number of anilines is 1. The molecule has 3 aromatic rings. The smallest absolute Gasteiger partial charge is 0.240 e. The number of aryl methyl sites for hydroxylation is 1. The van der Waals surface area contributed by atoms with Crippen molar-refractivity contribution in [1.29, 1.82) is 0 Å². The molecule has 4 heterocycles. The summed E-state index contributed by atoms with van der Waals surface area (Å²) in [7, 11) is 0. The quantitative estimate of drug-likeness (QED) is 0.540. The Morgan fingerprint density at radius 1 is 1.16 bits per heavy atom. The van der Waals surface area contributed by atoms with Gasteiger partial charge in [0.2, 0.25) is 11.8 Å². The Bertz CT molecular complexity index is 1340. The lowest BCUT2D eigenvalue weighted by molar-refractivity contribution is -0.127. The Hall–Kier alpha value is -3.65. The summed E-state index contributed by atoms with van der Waals surface area (Å²) in [6, 6.07) is 16.0. The molecule has 0 radical (unpaired) electrons. The number of likely N-dealkylation sites (tertiary alicyclic amines) is 1. The number of para-hydroxylation sites is 1. The molecule has 0 unspecified atom stereocenters. The second kappa shape index (κ2) is 10.3. The number of rotatable bonds is 5. The summed E-state index contributed by atoms with van der Waals surface area (Å²) in [6.45, 7) is 4.63. The van der Waals surface area contributed by atoms with E-state index in [2.05, 4.69) is 45.3 Å². The lowest BCUT2D eigenvalue weighted by atomic mass is 9.72. The monoisotopic (exact) mass is 513 g/mol. The standard InChI is InChI=1S/C30H35N5O3/c1-2-3-12-26-32-18-22(33-26)19-34-15-13-30-24-10-4-5-11-25(24)35(29(30)37)20-27(36)31-14-7-16-38-23-9-6-8-21(17-23)28(30)34/h4-6,8-11,17-18,28H,2-3,7,12-16,19-20H2,1H3,(H,31,36)(H,32,33)/t28-,30+/m0/s1. The zero-order valence-corrected chi connectivity index (χ0v) is 21.9. The predicted molar refractivity (Wildman–Crippen MR) is 145 cm³/mol. The fourth-order valence-corrected chi connectivity index (χ4v) is 6.42. The number of carbonyl (C=O) groups excluding carboxylic acids is 2. The largest absolute Gasteiger partial charge is 0.494 e. The van der Waals surface area contributed by atoms with E-state index < -0.39 is 5.41 Å². The normalized spacial score (nSPS) is 23.4. The third-order valence-electron chi connectivity index (χ3n) is 8.14. The molecule has 8 heteroatoms. The summed E-state index contributed by atoms with van der Waals surface area (Å²) < 4.78 is 6.06. The second-order valence-corrected chi connectivity index (χ2v) is 10.6. The van der Waals surface area contributed by atoms with Crippen LogP contribution in [0.2, 0.25) is 0 Å². The number of aromatic amines is 1. The minimum absolute atomic E-state index is 0.00187. The van der Waals surface area contributed by atoms with Crippen LogP contribution in [0.4, 0.5) is 5.69 Å². The van der Waals surface area contributed by atoms with Crippen LogP contribution >= 0.6 is 0 Å². The van der Waals surface area contributed by atoms with Crippen LogP contribution in [0.1, 0.15) is 61.3 Å². The molecule has 1 saturated heterocycles. The molecule has 1 fully saturated rings. The molecule has 1 spiro atoms. The second-order valence-electron chi connectivity index (χ2n) is 10.6. The highest BCUT2D eigenvalue weighted by Crippen LogP contribution is 2.57. The zero-order valence-electron chi connectivity index (χ0n) is 21.9. The third kappa shape index (κ3) is 4.26. The minimum Gasteiger partial charge on any atom is -0.494 e. The van der Waals surface area contributed by atoms with Crippen molar-refractivity contribution in [3.8, 4) is 5.75 Å². The van der Waals surface area contributed by atoms with Crippen molar-refractivity contribution >= 4 is 17.5 Å². The van der Waals surface area contributed by atoms with E-state index in [0.29, 0.717) is 32.5 Å². The molecule has 1 aromatic heterocycles. The van der Waals surface area contributed by atoms with Gasteiger partial charge in [-0.05, 0) is 48.6 Å². The van der Waals surface area contributed by atoms with Crippen LogP contribution in [-0.4, -0.2) is 52.9 Å². The topological polar surface area (TPSA) is 90.6 Å². The van der Waals surface area contributed by atoms with Crippen molar-refractivity contribution in [2.75, 3.05) is 31.1 Å². The summed E-state index contributed by atoms with van der Waals surface area (Å²) >= 11 is 0. The van der Waals surface area contributed by atoms with E-state index in [1.807, 2.05) is 36.5 Å². The average molecular weight is 514 g/mol. The maximum Gasteiger partial charge on any atom is 0.240 e. The molecule has 2 N–H and O–H groups in total. The van der Waals surface area contributed by atoms with Gasteiger partial charge in [-0.15, -0.1) is 0 Å². The number of aromatic nitrogens is 2. The summed E-state index contributed by atoms with van der Waals surface area (Å²) in [6.07, 6.45) is 6.46. The summed E-state index contributed by atoms with van der Waals surface area (Å²) in [4.78, 5) is 39.5. The number of fused-ring (bicyclic) bond motifs is 6. The molecule has 8 nitrogen and oxygen atoms in total. The first-order chi connectivity index (χ1) is 18.6. The van der Waals surface area contributed by atoms with Gasteiger partial charge in [0, 0.05) is 43.6 Å². The molecule has 2 atom stereocenters. The van der Waals surface area contributed by atoms with Gasteiger partial charge in [-0.1, -0.05) is 43.7 Å². The molecule has 3 aliphatic rings. The Labute approximate surface area is 223 Å². The molecule has 0 saturated carbocycles. The van der Waals surface area contributed by atoms with Gasteiger partial charge >= 0.3 is 0 Å². The molecule has 38 heavy (non-hydrogen) atoms. The van der Waals surface area contributed by atoms with Crippen LogP contribution < -0.4 is 15.0 Å². The van der Waals surface area contributed by atoms with Crippen LogP contribution in [0.3, 0.4) is 0 Å². The predicted octanol–water partition coefficient (Wildman–Crippen LogP) is 3.88. The Kier molecular flexibility index (Phi) is 6.66. The molecular weight excluding hydrogens is 478 g/mol. The van der Waals surface area contributed by atoms with Gasteiger partial charge in [0.25, 0.3) is 0 Å². The Morgan fingerprint density at radius 3 is 2.95 bits per heavy atom. The van der Waals surface area contributed by atoms with Crippen LogP contribution in [-0.2, 0) is 28.0 Å². The maximum atomic E-state index is 14.5. The number of unbranched alkanes of at least 4 members (excludes halogenated alkanes) is 1. The van der Waals surface area contributed by atoms with Crippen molar-refractivity contribution in [3.05, 3.63) is 77.4 Å². The highest BCUT2D eigenvalue weighted by molar-refractivity contribution is 6.11. The van der Waals surface area contributed by atoms with E-state index in [4.69, 9.17) is 4.74 Å². The van der Waals surface area contributed by atoms with Gasteiger partial charge < -0.3 is 19.9 Å². The van der Waals surface area contributed by atoms with E-state index >= 15 is 0 Å². The molecule has 2 amide bonds. The molecule has 4 bridgehead atoms. The van der Waals surface area contributed by atoms with Crippen LogP contribution in [0.15, 0.2) is 54.7 Å². The molecule has 198 valence electrons. The number of hydrogen-bond acceptors (Lipinski definition) is 5. The van der Waals surface area contributed by atoms with Gasteiger partial charge in [0.15, 0.2) is 0 Å². The summed E-state index contributed by atoms with van der Waals surface area (Å²) in [5.41, 5.74) is 3.15. The molecular formula is C30H35N5O3. The van der Waals surface area contributed by atoms with Crippen molar-refractivity contribution in [3.63, 3.8) is 0 Å². The minimum atomic E-state index is -0.787. The fraction of sp³-hybridized carbons (Fsp3) is 0.433. The number of nitrogens with zero attached hydrogens (tertiary/aromatic N) is 3. The van der Waals surface area contributed by atoms with E-state index in [9.17, 15) is 9.59 Å². The van der Waals surface area contributed by atoms with Gasteiger partial charge in [-0.2, -0.15) is 0 Å². The summed E-state index contributed by atoms with van der Waals surface area (Å²) in [5, 5.41) is 2.96. The van der Waals surface area contributed by atoms with Crippen molar-refractivity contribution in [2.45, 2.75) is 57.0 Å². The zero-order chi connectivity index (χ0) is 26.1. The number of ether oxygens (including phenoxy) is 1. The summed E-state index contributed by atoms with van der Waals surface area (Å²) in [5.74, 6) is 1.64. The van der Waals surface area contributed by atoms with Gasteiger partial charge in [0.05, 0.1) is 18.1 Å². The van der Waals surface area contributed by atoms with Crippen LogP contribution in [0.25, 0.3) is 0 Å². The number of carbonyl (C=O) groups is 2. The number of imidazole rings is 1. The van der Waals surface area contributed by atoms with E-state index in [0.717, 1.165) is 59.9 Å². The first-order valence-electron chi connectivity index (χ1n) is 13.8. The average Bonchev–Trinajstić information content (AvgIpc) is 3.60. The SMILES string of the molecule is CCCCc1ncc(CN2CC[C@]34C(=O)N(CC(=O)NCCCOc5cccc(c5)[C@H]23)c2ccccc24)[nH]1. The fourth-order valence-electron chi connectivity index (χ4n) is 6.42. The number of amides is 2. The van der Waals surface area contributed by atoms with E-state index in [-0.39, 0.29) is 24.4 Å². The van der Waals surface area contributed by atoms with Crippen molar-refractivity contribution in [2.24, 2.45) is 0 Å². The Morgan fingerprint density at radius 2 is 2.05 bits per heavy atom. The van der Waals surface area contributed by atoms with Gasteiger partial charge in [0.1, 0.15) is 18.1 Å². The lowest BCUT2D eigenvalue weighted by Crippen LogP contribution is -2.47. The van der Waals surface area contributed by atoms with E-state index in [1.54, 1.807) is 4.90 Å². The highest BCUT2D eigenvalue weighted by atomic mass is 16.5. The maximum absolute atomic E-state index is 14.5. The number of hydrogen-bond donors (Lipinski definition) is 2. The molecule has 2 aromatic carbocycles. The molecule has 3 aliphatic heterocycles. The third-order valence-corrected chi connectivity index (χ3v) is 8.14. The van der Waals surface area contributed by atoms with Crippen LogP contribution in [0, 0.1) is 0 Å². The number of nitrogens with one attached hydrogen (secondary N) is 2. The number of H-pyrrole nitrogens is 1. The highest BCUT2D eigenvalue weighted by Gasteiger charge is 2.60. The van der Waals surface area contributed by atoms with Gasteiger partial charge in [-0.25, -0.2) is 4.98 Å². The van der Waals surface area contributed by atoms with Crippen LogP contribution in [0.5, 0.6) is 5.75 Å². The first kappa shape index (κ1) is 24.7. The van der Waals surface area contributed by atoms with Crippen molar-refractivity contribution < 1.29 is 14.3 Å². The lowest BCUT2D eigenvalue weighted by Gasteiger charge is -2.35. The Balaban J connectivity index is 1.45. The molecule has 6 rings (SSSR count).